The van der Waals surface area contributed by atoms with E-state index in [9.17, 15) is 9.59 Å². The van der Waals surface area contributed by atoms with Gasteiger partial charge in [-0.1, -0.05) is 23.3 Å². The van der Waals surface area contributed by atoms with Crippen LogP contribution in [0.15, 0.2) is 23.3 Å². The molecule has 0 heterocycles. The van der Waals surface area contributed by atoms with Gasteiger partial charge in [0.25, 0.3) is 0 Å². The quantitative estimate of drug-likeness (QED) is 0.614. The van der Waals surface area contributed by atoms with Crippen LogP contribution < -0.4 is 0 Å². The van der Waals surface area contributed by atoms with Gasteiger partial charge in [0.2, 0.25) is 0 Å². The minimum Gasteiger partial charge on any atom is -0.299 e. The molecule has 1 saturated carbocycles. The topological polar surface area (TPSA) is 34.1 Å². The Morgan fingerprint density at radius 3 is 1.61 bits per heavy atom. The number of Topliss-reactive ketones (excluding diaryl/α,β-unsaturated/α-hetero) is 2. The Balaban J connectivity index is 1.94. The zero-order valence-electron chi connectivity index (χ0n) is 11.1. The fraction of sp³-hybridized carbons (Fsp3) is 0.625. The van der Waals surface area contributed by atoms with Crippen molar-refractivity contribution < 1.29 is 9.59 Å². The second-order valence-electron chi connectivity index (χ2n) is 6.21. The van der Waals surface area contributed by atoms with Gasteiger partial charge in [0, 0.05) is 23.7 Å². The normalized spacial score (nSPS) is 39.7. The molecule has 0 aromatic rings. The molecule has 96 valence electrons. The number of allylic oxidation sites excluding steroid dienone is 4. The Kier molecular flexibility index (Phi) is 2.76. The highest BCUT2D eigenvalue weighted by molar-refractivity contribution is 6.00. The smallest absolute Gasteiger partial charge is 0.141 e. The first-order chi connectivity index (χ1) is 8.58. The third kappa shape index (κ3) is 1.70. The monoisotopic (exact) mass is 244 g/mol. The van der Waals surface area contributed by atoms with E-state index < -0.39 is 0 Å². The molecule has 0 saturated heterocycles. The van der Waals surface area contributed by atoms with Crippen LogP contribution in [0.1, 0.15) is 39.5 Å². The van der Waals surface area contributed by atoms with E-state index in [1.165, 1.54) is 11.1 Å². The average Bonchev–Trinajstić information content (AvgIpc) is 2.35. The number of hydrogen-bond donors (Lipinski definition) is 0. The Bertz CT molecular complexity index is 429. The minimum absolute atomic E-state index is 0.0188. The van der Waals surface area contributed by atoms with Gasteiger partial charge in [0.05, 0.1) is 0 Å². The second kappa shape index (κ2) is 4.18. The highest BCUT2D eigenvalue weighted by Crippen LogP contribution is 2.45. The largest absolute Gasteiger partial charge is 0.299 e. The van der Waals surface area contributed by atoms with Gasteiger partial charge in [-0.25, -0.2) is 0 Å². The van der Waals surface area contributed by atoms with Crippen molar-refractivity contribution >= 4 is 11.6 Å². The molecule has 0 bridgehead atoms. The highest BCUT2D eigenvalue weighted by Gasteiger charge is 2.49. The SMILES string of the molecule is CC1=CC[C@@H]2C(=O)[C@@H]3CC=C(C)C[C@H]3C(=O)[C@@H]2C1. The summed E-state index contributed by atoms with van der Waals surface area (Å²) in [7, 11) is 0. The van der Waals surface area contributed by atoms with Crippen molar-refractivity contribution in [3.8, 4) is 0 Å². The van der Waals surface area contributed by atoms with Gasteiger partial charge in [-0.05, 0) is 39.5 Å². The lowest BCUT2D eigenvalue weighted by Gasteiger charge is -2.42. The van der Waals surface area contributed by atoms with Crippen molar-refractivity contribution in [2.75, 3.05) is 0 Å². The summed E-state index contributed by atoms with van der Waals surface area (Å²) < 4.78 is 0. The fourth-order valence-electron chi connectivity index (χ4n) is 3.91. The maximum Gasteiger partial charge on any atom is 0.141 e. The molecule has 0 aromatic carbocycles. The molecule has 2 nitrogen and oxygen atoms in total. The molecule has 2 heteroatoms. The van der Waals surface area contributed by atoms with E-state index in [1.807, 2.05) is 0 Å². The van der Waals surface area contributed by atoms with Crippen LogP contribution in [0.4, 0.5) is 0 Å². The van der Waals surface area contributed by atoms with Crippen molar-refractivity contribution in [3.05, 3.63) is 23.3 Å². The third-order valence-corrected chi connectivity index (χ3v) is 4.96. The zero-order chi connectivity index (χ0) is 12.9. The second-order valence-corrected chi connectivity index (χ2v) is 6.21. The van der Waals surface area contributed by atoms with Crippen molar-refractivity contribution in [3.63, 3.8) is 0 Å². The molecule has 18 heavy (non-hydrogen) atoms. The first kappa shape index (κ1) is 11.9. The van der Waals surface area contributed by atoms with Gasteiger partial charge in [-0.2, -0.15) is 0 Å². The summed E-state index contributed by atoms with van der Waals surface area (Å²) in [5.74, 6) is 0.648. The summed E-state index contributed by atoms with van der Waals surface area (Å²) >= 11 is 0. The van der Waals surface area contributed by atoms with E-state index in [4.69, 9.17) is 0 Å². The van der Waals surface area contributed by atoms with Crippen LogP contribution in [-0.4, -0.2) is 11.6 Å². The molecule has 0 spiro atoms. The summed E-state index contributed by atoms with van der Waals surface area (Å²) in [6, 6.07) is 0. The van der Waals surface area contributed by atoms with Gasteiger partial charge in [-0.3, -0.25) is 9.59 Å². The van der Waals surface area contributed by atoms with Gasteiger partial charge in [0.1, 0.15) is 11.6 Å². The van der Waals surface area contributed by atoms with E-state index in [2.05, 4.69) is 26.0 Å². The molecule has 1 fully saturated rings. The number of rotatable bonds is 0. The van der Waals surface area contributed by atoms with Crippen molar-refractivity contribution in [1.29, 1.82) is 0 Å². The van der Waals surface area contributed by atoms with Crippen LogP contribution in [0.25, 0.3) is 0 Å². The van der Waals surface area contributed by atoms with Crippen LogP contribution in [-0.2, 0) is 9.59 Å². The molecule has 0 amide bonds. The Morgan fingerprint density at radius 1 is 0.778 bits per heavy atom. The molecule has 3 aliphatic carbocycles. The molecule has 0 radical (unpaired) electrons. The van der Waals surface area contributed by atoms with Gasteiger partial charge >= 0.3 is 0 Å². The Labute approximate surface area is 108 Å². The lowest BCUT2D eigenvalue weighted by atomic mass is 9.59. The maximum atomic E-state index is 12.6. The summed E-state index contributed by atoms with van der Waals surface area (Å²) in [6.07, 6.45) is 7.48. The molecule has 3 aliphatic rings. The lowest BCUT2D eigenvalue weighted by molar-refractivity contribution is -0.147. The van der Waals surface area contributed by atoms with Crippen LogP contribution in [0.5, 0.6) is 0 Å². The molecule has 4 atom stereocenters. The van der Waals surface area contributed by atoms with Crippen LogP contribution in [0, 0.1) is 23.7 Å². The van der Waals surface area contributed by atoms with E-state index in [0.29, 0.717) is 11.6 Å². The van der Waals surface area contributed by atoms with Gasteiger partial charge in [0.15, 0.2) is 0 Å². The van der Waals surface area contributed by atoms with E-state index in [-0.39, 0.29) is 23.7 Å². The first-order valence-electron chi connectivity index (χ1n) is 6.96. The highest BCUT2D eigenvalue weighted by atomic mass is 16.1. The van der Waals surface area contributed by atoms with E-state index >= 15 is 0 Å². The summed E-state index contributed by atoms with van der Waals surface area (Å²) in [6.45, 7) is 4.15. The van der Waals surface area contributed by atoms with Crippen molar-refractivity contribution in [2.45, 2.75) is 39.5 Å². The van der Waals surface area contributed by atoms with Crippen LogP contribution >= 0.6 is 0 Å². The van der Waals surface area contributed by atoms with Gasteiger partial charge < -0.3 is 0 Å². The number of carbonyl (C=O) groups excluding carboxylic acids is 2. The van der Waals surface area contributed by atoms with Crippen molar-refractivity contribution in [2.24, 2.45) is 23.7 Å². The standard InChI is InChI=1S/C16H20O2/c1-9-3-5-11-13(7-9)16(18)14-8-10(2)4-6-12(14)15(11)17/h3-4,11-14H,5-8H2,1-2H3/t11-,12+,13-,14-/m1/s1. The van der Waals surface area contributed by atoms with Crippen molar-refractivity contribution in [1.82, 2.24) is 0 Å². The first-order valence-corrected chi connectivity index (χ1v) is 6.96. The molecule has 0 unspecified atom stereocenters. The number of carbonyl (C=O) groups is 2. The third-order valence-electron chi connectivity index (χ3n) is 4.96. The molecule has 0 aliphatic heterocycles. The Hall–Kier alpha value is -1.18. The van der Waals surface area contributed by atoms with Crippen LogP contribution in [0.2, 0.25) is 0 Å². The zero-order valence-corrected chi connectivity index (χ0v) is 11.1. The van der Waals surface area contributed by atoms with Crippen LogP contribution in [0.3, 0.4) is 0 Å². The molecule has 0 aromatic heterocycles. The predicted molar refractivity (Wildman–Crippen MR) is 70.0 cm³/mol. The predicted octanol–water partition coefficient (Wildman–Crippen LogP) is 3.08. The molecule has 0 N–H and O–H groups in total. The number of hydrogen-bond acceptors (Lipinski definition) is 2. The summed E-state index contributed by atoms with van der Waals surface area (Å²) in [5.41, 5.74) is 2.55. The number of ketones is 2. The molecule has 3 rings (SSSR count). The summed E-state index contributed by atoms with van der Waals surface area (Å²) in [4.78, 5) is 25.2. The van der Waals surface area contributed by atoms with E-state index in [0.717, 1.165) is 25.7 Å². The Morgan fingerprint density at radius 2 is 1.17 bits per heavy atom. The molecular formula is C16H20O2. The molecular weight excluding hydrogens is 224 g/mol. The average molecular weight is 244 g/mol. The van der Waals surface area contributed by atoms with Gasteiger partial charge in [-0.15, -0.1) is 0 Å². The summed E-state index contributed by atoms with van der Waals surface area (Å²) in [5, 5.41) is 0. The fourth-order valence-corrected chi connectivity index (χ4v) is 3.91. The van der Waals surface area contributed by atoms with E-state index in [1.54, 1.807) is 0 Å². The maximum absolute atomic E-state index is 12.6. The minimum atomic E-state index is -0.0192. The lowest BCUT2D eigenvalue weighted by Crippen LogP contribution is -2.49. The number of fused-ring (bicyclic) bond motifs is 2.